The van der Waals surface area contributed by atoms with Gasteiger partial charge in [-0.2, -0.15) is 0 Å². The lowest BCUT2D eigenvalue weighted by Crippen LogP contribution is -2.44. The van der Waals surface area contributed by atoms with Crippen molar-refractivity contribution >= 4 is 40.9 Å². The molecule has 174 valence electrons. The predicted molar refractivity (Wildman–Crippen MR) is 129 cm³/mol. The normalized spacial score (nSPS) is 20.4. The summed E-state index contributed by atoms with van der Waals surface area (Å²) in [4.78, 5) is 14.1. The summed E-state index contributed by atoms with van der Waals surface area (Å²) < 4.78 is 36.4. The highest BCUT2D eigenvalue weighted by Crippen LogP contribution is 2.55. The van der Waals surface area contributed by atoms with E-state index in [0.717, 1.165) is 21.4 Å². The molecule has 0 saturated carbocycles. The summed E-state index contributed by atoms with van der Waals surface area (Å²) in [5, 5.41) is 0. The molecule has 1 aromatic heterocycles. The lowest BCUT2D eigenvalue weighted by Gasteiger charge is -2.40. The van der Waals surface area contributed by atoms with Crippen molar-refractivity contribution in [3.05, 3.63) is 58.3 Å². The largest absolute Gasteiger partial charge is 0.405 e. The summed E-state index contributed by atoms with van der Waals surface area (Å²) in [6, 6.07) is 11.5. The zero-order valence-corrected chi connectivity index (χ0v) is 20.6. The minimum atomic E-state index is -3.39. The van der Waals surface area contributed by atoms with Gasteiger partial charge in [-0.3, -0.25) is 9.98 Å². The van der Waals surface area contributed by atoms with Crippen LogP contribution in [0.5, 0.6) is 0 Å². The van der Waals surface area contributed by atoms with Crippen LogP contribution in [0.4, 0.5) is 5.69 Å². The van der Waals surface area contributed by atoms with Crippen LogP contribution in [-0.2, 0) is 18.6 Å². The van der Waals surface area contributed by atoms with Crippen molar-refractivity contribution in [1.29, 1.82) is 0 Å². The topological polar surface area (TPSA) is 88.8 Å². The number of fused-ring (bicyclic) bond motifs is 1. The van der Waals surface area contributed by atoms with Crippen LogP contribution in [0.15, 0.2) is 57.1 Å². The fraction of sp³-hybridized carbons (Fsp3) is 0.409. The first-order valence-electron chi connectivity index (χ1n) is 10.9. The van der Waals surface area contributed by atoms with E-state index in [1.807, 2.05) is 45.7 Å². The molecule has 2 saturated heterocycles. The number of morpholine rings is 2. The van der Waals surface area contributed by atoms with Crippen molar-refractivity contribution in [3.8, 4) is 0 Å². The van der Waals surface area contributed by atoms with Crippen molar-refractivity contribution in [2.75, 3.05) is 59.2 Å². The number of hydrogen-bond acceptors (Lipinski definition) is 7. The minimum absolute atomic E-state index is 0.164. The van der Waals surface area contributed by atoms with E-state index < -0.39 is 7.67 Å². The summed E-state index contributed by atoms with van der Waals surface area (Å²) in [6.07, 6.45) is 1.74. The van der Waals surface area contributed by atoms with Gasteiger partial charge in [0, 0.05) is 42.4 Å². The third-order valence-corrected chi connectivity index (χ3v) is 8.82. The van der Waals surface area contributed by atoms with Crippen LogP contribution in [0.2, 0.25) is 0 Å². The molecule has 1 aromatic carbocycles. The van der Waals surface area contributed by atoms with Crippen molar-refractivity contribution in [2.24, 2.45) is 9.98 Å². The van der Waals surface area contributed by atoms with Gasteiger partial charge >= 0.3 is 7.67 Å². The smallest absolute Gasteiger partial charge is 0.397 e. The van der Waals surface area contributed by atoms with Crippen LogP contribution in [-0.4, -0.2) is 85.1 Å². The molecule has 5 rings (SSSR count). The number of hydrogen-bond donors (Lipinski definition) is 0. The number of pyridine rings is 1. The molecule has 0 atom stereocenters. The zero-order valence-electron chi connectivity index (χ0n) is 18.1. The van der Waals surface area contributed by atoms with Crippen molar-refractivity contribution in [1.82, 2.24) is 14.3 Å². The second-order valence-electron chi connectivity index (χ2n) is 7.76. The molecule has 2 fully saturated rings. The van der Waals surface area contributed by atoms with Crippen LogP contribution in [0, 0.1) is 0 Å². The molecular weight excluding hydrogens is 509 g/mol. The van der Waals surface area contributed by atoms with Gasteiger partial charge in [0.15, 0.2) is 0 Å². The maximum absolute atomic E-state index is 14.4. The van der Waals surface area contributed by atoms with Gasteiger partial charge in [-0.25, -0.2) is 18.9 Å². The van der Waals surface area contributed by atoms with Crippen LogP contribution < -0.4 is 0 Å². The highest BCUT2D eigenvalue weighted by atomic mass is 79.9. The molecule has 2 aromatic rings. The van der Waals surface area contributed by atoms with E-state index in [1.165, 1.54) is 0 Å². The Morgan fingerprint density at radius 3 is 2.30 bits per heavy atom. The van der Waals surface area contributed by atoms with Crippen LogP contribution in [0.25, 0.3) is 0 Å². The number of aliphatic imine (C=N–C) groups is 2. The first kappa shape index (κ1) is 22.8. The summed E-state index contributed by atoms with van der Waals surface area (Å²) in [7, 11) is -3.39. The predicted octanol–water partition coefficient (Wildman–Crippen LogP) is 3.51. The van der Waals surface area contributed by atoms with E-state index in [0.29, 0.717) is 64.2 Å². The van der Waals surface area contributed by atoms with Crippen molar-refractivity contribution < 1.29 is 18.6 Å². The molecule has 3 aliphatic heterocycles. The Bertz CT molecular complexity index is 1080. The molecule has 0 aliphatic carbocycles. The molecule has 4 heterocycles. The maximum atomic E-state index is 14.4. The van der Waals surface area contributed by atoms with E-state index in [4.69, 9.17) is 24.0 Å². The van der Waals surface area contributed by atoms with Crippen molar-refractivity contribution in [2.45, 2.75) is 0 Å². The summed E-state index contributed by atoms with van der Waals surface area (Å²) >= 11 is 3.55. The fourth-order valence-electron chi connectivity index (χ4n) is 4.01. The van der Waals surface area contributed by atoms with Gasteiger partial charge in [-0.1, -0.05) is 22.0 Å². The monoisotopic (exact) mass is 533 g/mol. The van der Waals surface area contributed by atoms with E-state index in [1.54, 1.807) is 6.20 Å². The third kappa shape index (κ3) is 4.96. The van der Waals surface area contributed by atoms with Gasteiger partial charge in [0.1, 0.15) is 6.54 Å². The second-order valence-corrected chi connectivity index (χ2v) is 11.0. The Hall–Kier alpha value is -1.94. The summed E-state index contributed by atoms with van der Waals surface area (Å²) in [5.41, 5.74) is 3.01. The number of rotatable bonds is 4. The van der Waals surface area contributed by atoms with E-state index in [9.17, 15) is 4.57 Å². The lowest BCUT2D eigenvalue weighted by molar-refractivity contribution is 0.0440. The van der Waals surface area contributed by atoms with E-state index >= 15 is 0 Å². The summed E-state index contributed by atoms with van der Waals surface area (Å²) in [5.74, 6) is 0.325. The molecule has 0 radical (unpaired) electrons. The molecule has 9 nitrogen and oxygen atoms in total. The molecule has 11 heteroatoms. The SMILES string of the molecule is O=P(OC1=Nc2ccc(Br)cc2C(c2ccccn2)=NC1)(N1CCOCC1)N1CCOCC1. The first-order chi connectivity index (χ1) is 16.1. The average molecular weight is 534 g/mol. The van der Waals surface area contributed by atoms with Crippen LogP contribution in [0.1, 0.15) is 11.3 Å². The molecule has 0 N–H and O–H groups in total. The first-order valence-corrected chi connectivity index (χ1v) is 13.3. The third-order valence-electron chi connectivity index (χ3n) is 5.65. The number of aromatic nitrogens is 1. The molecule has 0 amide bonds. The standard InChI is InChI=1S/C22H25BrN5O4P/c23-17-4-5-19-18(15-17)22(20-3-1-2-6-24-20)25-16-21(26-19)32-33(29,27-7-11-30-12-8-27)28-9-13-31-14-10-28/h1-6,15H,7-14,16H2. The Labute approximate surface area is 201 Å². The van der Waals surface area contributed by atoms with Crippen LogP contribution >= 0.6 is 23.6 Å². The number of nitrogens with zero attached hydrogens (tertiary/aromatic N) is 5. The highest BCUT2D eigenvalue weighted by molar-refractivity contribution is 9.10. The Balaban J connectivity index is 1.52. The quantitative estimate of drug-likeness (QED) is 0.555. The maximum Gasteiger partial charge on any atom is 0.397 e. The molecule has 0 unspecified atom stereocenters. The lowest BCUT2D eigenvalue weighted by atomic mass is 10.0. The molecular formula is C22H25BrN5O4P. The number of ether oxygens (including phenoxy) is 2. The summed E-state index contributed by atoms with van der Waals surface area (Å²) in [6.45, 7) is 4.37. The fourth-order valence-corrected chi connectivity index (χ4v) is 6.67. The van der Waals surface area contributed by atoms with Gasteiger partial charge in [0.05, 0.1) is 43.5 Å². The number of halogens is 1. The van der Waals surface area contributed by atoms with Gasteiger partial charge in [-0.05, 0) is 30.3 Å². The van der Waals surface area contributed by atoms with E-state index in [-0.39, 0.29) is 6.54 Å². The Kier molecular flexibility index (Phi) is 7.01. The molecule has 3 aliphatic rings. The highest BCUT2D eigenvalue weighted by Gasteiger charge is 2.42. The average Bonchev–Trinajstić information content (AvgIpc) is 3.04. The molecule has 0 spiro atoms. The van der Waals surface area contributed by atoms with Crippen LogP contribution in [0.3, 0.4) is 0 Å². The molecule has 0 bridgehead atoms. The molecule has 33 heavy (non-hydrogen) atoms. The van der Waals surface area contributed by atoms with Crippen molar-refractivity contribution in [3.63, 3.8) is 0 Å². The van der Waals surface area contributed by atoms with Gasteiger partial charge < -0.3 is 14.0 Å². The number of benzene rings is 1. The Morgan fingerprint density at radius 1 is 0.970 bits per heavy atom. The minimum Gasteiger partial charge on any atom is -0.405 e. The Morgan fingerprint density at radius 2 is 1.67 bits per heavy atom. The van der Waals surface area contributed by atoms with Gasteiger partial charge in [0.2, 0.25) is 5.90 Å². The van der Waals surface area contributed by atoms with E-state index in [2.05, 4.69) is 20.9 Å². The second kappa shape index (κ2) is 10.1. The zero-order chi connectivity index (χ0) is 22.7. The van der Waals surface area contributed by atoms with Gasteiger partial charge in [-0.15, -0.1) is 0 Å². The van der Waals surface area contributed by atoms with Gasteiger partial charge in [0.25, 0.3) is 0 Å².